The Morgan fingerprint density at radius 3 is 2.83 bits per heavy atom. The zero-order chi connectivity index (χ0) is 13.5. The third-order valence-corrected chi connectivity index (χ3v) is 3.86. The Morgan fingerprint density at radius 2 is 2.22 bits per heavy atom. The molecule has 0 aliphatic carbocycles. The van der Waals surface area contributed by atoms with Gasteiger partial charge in [0.05, 0.1) is 6.10 Å². The Hall–Kier alpha value is -0.670. The fraction of sp³-hybridized carbons (Fsp3) is 0.800. The highest BCUT2D eigenvalue weighted by Crippen LogP contribution is 2.22. The van der Waals surface area contributed by atoms with Gasteiger partial charge in [-0.25, -0.2) is 0 Å². The lowest BCUT2D eigenvalue weighted by atomic mass is 9.94. The van der Waals surface area contributed by atoms with Crippen LogP contribution in [-0.4, -0.2) is 41.0 Å². The highest BCUT2D eigenvalue weighted by atomic mass is 16.3. The molecule has 0 spiro atoms. The van der Waals surface area contributed by atoms with E-state index < -0.39 is 0 Å². The Balaban J connectivity index is 2.52. The van der Waals surface area contributed by atoms with Gasteiger partial charge in [-0.05, 0) is 26.3 Å². The van der Waals surface area contributed by atoms with Crippen LogP contribution in [0, 0.1) is 0 Å². The first-order valence-corrected chi connectivity index (χ1v) is 7.16. The Labute approximate surface area is 111 Å². The fourth-order valence-corrected chi connectivity index (χ4v) is 2.58. The third kappa shape index (κ3) is 4.54. The zero-order valence-electron chi connectivity index (χ0n) is 11.9. The summed E-state index contributed by atoms with van der Waals surface area (Å²) in [6.07, 6.45) is 8.98. The number of hydrogen-bond acceptors (Lipinski definition) is 3. The summed E-state index contributed by atoms with van der Waals surface area (Å²) in [5, 5.41) is 9.92. The summed E-state index contributed by atoms with van der Waals surface area (Å²) in [6.45, 7) is 4.01. The molecule has 0 radical (unpaired) electrons. The number of aliphatic hydroxyl groups is 1. The second kappa shape index (κ2) is 7.70. The van der Waals surface area contributed by atoms with Crippen LogP contribution in [0.4, 0.5) is 0 Å². The van der Waals surface area contributed by atoms with Crippen LogP contribution in [0.1, 0.15) is 52.4 Å². The van der Waals surface area contributed by atoms with Crippen molar-refractivity contribution in [2.24, 2.45) is 0 Å². The van der Waals surface area contributed by atoms with Gasteiger partial charge in [0.25, 0.3) is 0 Å². The number of hydrogen-bond donors (Lipinski definition) is 1. The van der Waals surface area contributed by atoms with Crippen LogP contribution >= 0.6 is 0 Å². The van der Waals surface area contributed by atoms with Gasteiger partial charge in [0.15, 0.2) is 0 Å². The lowest BCUT2D eigenvalue weighted by molar-refractivity contribution is -0.119. The molecule has 0 saturated heterocycles. The van der Waals surface area contributed by atoms with Crippen molar-refractivity contribution < 1.29 is 9.90 Å². The molecule has 0 aromatic heterocycles. The molecule has 3 heteroatoms. The van der Waals surface area contributed by atoms with Gasteiger partial charge < -0.3 is 5.11 Å². The highest BCUT2D eigenvalue weighted by molar-refractivity contribution is 5.78. The number of likely N-dealkylation sites (N-methyl/N-ethyl adjacent to an activating group) is 1. The van der Waals surface area contributed by atoms with Gasteiger partial charge in [0.2, 0.25) is 0 Å². The van der Waals surface area contributed by atoms with E-state index in [-0.39, 0.29) is 12.1 Å². The molecular formula is C15H27NO2. The average molecular weight is 253 g/mol. The topological polar surface area (TPSA) is 40.5 Å². The van der Waals surface area contributed by atoms with E-state index >= 15 is 0 Å². The van der Waals surface area contributed by atoms with Crippen molar-refractivity contribution in [1.82, 2.24) is 4.90 Å². The lowest BCUT2D eigenvalue weighted by Gasteiger charge is -2.37. The lowest BCUT2D eigenvalue weighted by Crippen LogP contribution is -2.44. The second-order valence-corrected chi connectivity index (χ2v) is 5.33. The number of nitrogens with zero attached hydrogens (tertiary/aromatic N) is 1. The van der Waals surface area contributed by atoms with Crippen LogP contribution in [0.25, 0.3) is 0 Å². The van der Waals surface area contributed by atoms with E-state index in [2.05, 4.69) is 31.0 Å². The molecule has 104 valence electrons. The van der Waals surface area contributed by atoms with Gasteiger partial charge in [0, 0.05) is 24.9 Å². The predicted molar refractivity (Wildman–Crippen MR) is 74.5 cm³/mol. The molecule has 0 aromatic rings. The molecule has 1 aliphatic rings. The molecule has 0 unspecified atom stereocenters. The van der Waals surface area contributed by atoms with E-state index in [4.69, 9.17) is 0 Å². The van der Waals surface area contributed by atoms with Gasteiger partial charge in [-0.2, -0.15) is 0 Å². The largest absolute Gasteiger partial charge is 0.393 e. The summed E-state index contributed by atoms with van der Waals surface area (Å²) in [4.78, 5) is 13.8. The number of rotatable bonds is 7. The maximum absolute atomic E-state index is 11.5. The molecule has 1 heterocycles. The van der Waals surface area contributed by atoms with E-state index in [0.717, 1.165) is 25.7 Å². The van der Waals surface area contributed by atoms with Crippen molar-refractivity contribution in [2.45, 2.75) is 70.6 Å². The fourth-order valence-electron chi connectivity index (χ4n) is 2.58. The number of carbonyl (C=O) groups excluding carboxylic acids is 1. The molecule has 1 rings (SSSR count). The van der Waals surface area contributed by atoms with Crippen LogP contribution in [-0.2, 0) is 4.79 Å². The highest BCUT2D eigenvalue weighted by Gasteiger charge is 2.26. The summed E-state index contributed by atoms with van der Waals surface area (Å²) in [5.41, 5.74) is 0. The number of carbonyl (C=O) groups is 1. The van der Waals surface area contributed by atoms with Gasteiger partial charge >= 0.3 is 0 Å². The standard InChI is InChI=1S/C15H27NO2/c1-4-7-15(18)11-13-9-6-8-12(16(13)3)10-14(17)5-2/h6,8,12-13,15,18H,4-5,7,9-11H2,1-3H3/t12-,13-,15+/m0/s1. The minimum atomic E-state index is -0.212. The van der Waals surface area contributed by atoms with Crippen LogP contribution in [0.3, 0.4) is 0 Å². The SMILES string of the molecule is CCC[C@@H](O)C[C@@H]1CC=C[C@@H](CC(=O)CC)N1C. The minimum absolute atomic E-state index is 0.212. The first-order chi connectivity index (χ1) is 8.58. The molecule has 18 heavy (non-hydrogen) atoms. The van der Waals surface area contributed by atoms with Crippen molar-refractivity contribution in [3.8, 4) is 0 Å². The van der Waals surface area contributed by atoms with Gasteiger partial charge in [0.1, 0.15) is 5.78 Å². The Morgan fingerprint density at radius 1 is 1.50 bits per heavy atom. The van der Waals surface area contributed by atoms with E-state index in [1.165, 1.54) is 0 Å². The van der Waals surface area contributed by atoms with Gasteiger partial charge in [-0.3, -0.25) is 9.69 Å². The zero-order valence-corrected chi connectivity index (χ0v) is 11.9. The quantitative estimate of drug-likeness (QED) is 0.709. The summed E-state index contributed by atoms with van der Waals surface area (Å²) < 4.78 is 0. The molecule has 3 atom stereocenters. The van der Waals surface area contributed by atoms with Crippen molar-refractivity contribution >= 4 is 5.78 Å². The van der Waals surface area contributed by atoms with Crippen LogP contribution in [0.15, 0.2) is 12.2 Å². The van der Waals surface area contributed by atoms with E-state index in [9.17, 15) is 9.90 Å². The van der Waals surface area contributed by atoms with Crippen molar-refractivity contribution in [2.75, 3.05) is 7.05 Å². The van der Waals surface area contributed by atoms with Gasteiger partial charge in [-0.15, -0.1) is 0 Å². The average Bonchev–Trinajstić information content (AvgIpc) is 2.34. The van der Waals surface area contributed by atoms with Crippen LogP contribution in [0.5, 0.6) is 0 Å². The molecule has 0 fully saturated rings. The monoisotopic (exact) mass is 253 g/mol. The van der Waals surface area contributed by atoms with E-state index in [1.807, 2.05) is 6.92 Å². The maximum Gasteiger partial charge on any atom is 0.134 e. The molecule has 0 saturated carbocycles. The first kappa shape index (κ1) is 15.4. The Bertz CT molecular complexity index is 288. The molecule has 0 bridgehead atoms. The summed E-state index contributed by atoms with van der Waals surface area (Å²) >= 11 is 0. The maximum atomic E-state index is 11.5. The molecule has 0 aromatic carbocycles. The van der Waals surface area contributed by atoms with Crippen molar-refractivity contribution in [1.29, 1.82) is 0 Å². The number of ketones is 1. The molecular weight excluding hydrogens is 226 g/mol. The predicted octanol–water partition coefficient (Wildman–Crippen LogP) is 2.54. The summed E-state index contributed by atoms with van der Waals surface area (Å²) in [6, 6.07) is 0.580. The summed E-state index contributed by atoms with van der Waals surface area (Å²) in [5.74, 6) is 0.311. The first-order valence-electron chi connectivity index (χ1n) is 7.16. The van der Waals surface area contributed by atoms with Crippen LogP contribution < -0.4 is 0 Å². The molecule has 3 nitrogen and oxygen atoms in total. The molecule has 0 amide bonds. The van der Waals surface area contributed by atoms with E-state index in [0.29, 0.717) is 24.7 Å². The normalized spacial score (nSPS) is 26.2. The Kier molecular flexibility index (Phi) is 6.58. The smallest absolute Gasteiger partial charge is 0.134 e. The second-order valence-electron chi connectivity index (χ2n) is 5.33. The molecule has 1 N–H and O–H groups in total. The number of aliphatic hydroxyl groups excluding tert-OH is 1. The van der Waals surface area contributed by atoms with Crippen molar-refractivity contribution in [3.05, 3.63) is 12.2 Å². The summed E-state index contributed by atoms with van der Waals surface area (Å²) in [7, 11) is 2.07. The van der Waals surface area contributed by atoms with Crippen molar-refractivity contribution in [3.63, 3.8) is 0 Å². The number of Topliss-reactive ketones (excluding diaryl/α,β-unsaturated/α-hetero) is 1. The molecule has 1 aliphatic heterocycles. The van der Waals surface area contributed by atoms with E-state index in [1.54, 1.807) is 0 Å². The minimum Gasteiger partial charge on any atom is -0.393 e. The van der Waals surface area contributed by atoms with Crippen LogP contribution in [0.2, 0.25) is 0 Å². The van der Waals surface area contributed by atoms with Gasteiger partial charge in [-0.1, -0.05) is 32.4 Å². The third-order valence-electron chi connectivity index (χ3n) is 3.86.